The Kier molecular flexibility index (Phi) is 3.86. The molecular formula is C12H17F3N4O. The van der Waals surface area contributed by atoms with E-state index in [0.717, 1.165) is 10.9 Å². The fourth-order valence-electron chi connectivity index (χ4n) is 2.30. The van der Waals surface area contributed by atoms with Crippen LogP contribution < -0.4 is 0 Å². The van der Waals surface area contributed by atoms with E-state index >= 15 is 0 Å². The second kappa shape index (κ2) is 5.16. The lowest BCUT2D eigenvalue weighted by Crippen LogP contribution is -2.42. The quantitative estimate of drug-likeness (QED) is 0.792. The van der Waals surface area contributed by atoms with Gasteiger partial charge in [0.05, 0.1) is 6.54 Å². The average molecular weight is 290 g/mol. The SMILES string of the molecule is CCC(C)(C=O)CN1CCn2c(nnc2C(F)(F)F)C1. The van der Waals surface area contributed by atoms with Crippen LogP contribution in [0.1, 0.15) is 31.9 Å². The highest BCUT2D eigenvalue weighted by molar-refractivity contribution is 5.58. The first-order valence-electron chi connectivity index (χ1n) is 6.47. The van der Waals surface area contributed by atoms with E-state index in [2.05, 4.69) is 10.2 Å². The van der Waals surface area contributed by atoms with Crippen LogP contribution in [0.15, 0.2) is 0 Å². The van der Waals surface area contributed by atoms with Crippen molar-refractivity contribution in [3.63, 3.8) is 0 Å². The Morgan fingerprint density at radius 2 is 2.00 bits per heavy atom. The van der Waals surface area contributed by atoms with Gasteiger partial charge in [-0.3, -0.25) is 4.90 Å². The van der Waals surface area contributed by atoms with Gasteiger partial charge in [-0.2, -0.15) is 13.2 Å². The number of rotatable bonds is 4. The molecule has 0 saturated heterocycles. The van der Waals surface area contributed by atoms with E-state index < -0.39 is 17.4 Å². The fourth-order valence-corrected chi connectivity index (χ4v) is 2.30. The molecule has 1 aromatic rings. The van der Waals surface area contributed by atoms with E-state index in [-0.39, 0.29) is 13.1 Å². The molecule has 2 heterocycles. The van der Waals surface area contributed by atoms with Crippen LogP contribution in [0.5, 0.6) is 0 Å². The minimum absolute atomic E-state index is 0.190. The van der Waals surface area contributed by atoms with Crippen LogP contribution >= 0.6 is 0 Å². The third kappa shape index (κ3) is 2.84. The number of fused-ring (bicyclic) bond motifs is 1. The number of carbonyl (C=O) groups is 1. The Bertz CT molecular complexity index is 499. The van der Waals surface area contributed by atoms with Gasteiger partial charge in [-0.05, 0) is 6.42 Å². The van der Waals surface area contributed by atoms with Gasteiger partial charge in [-0.25, -0.2) is 0 Å². The molecule has 2 rings (SSSR count). The van der Waals surface area contributed by atoms with E-state index in [4.69, 9.17) is 0 Å². The van der Waals surface area contributed by atoms with Gasteiger partial charge in [0.25, 0.3) is 0 Å². The summed E-state index contributed by atoms with van der Waals surface area (Å²) in [6, 6.07) is 0. The highest BCUT2D eigenvalue weighted by Crippen LogP contribution is 2.30. The molecule has 0 radical (unpaired) electrons. The standard InChI is InChI=1S/C12H17F3N4O/c1-3-11(2,8-20)7-18-4-5-19-9(6-18)16-17-10(19)12(13,14)15/h8H,3-7H2,1-2H3. The van der Waals surface area contributed by atoms with Crippen molar-refractivity contribution < 1.29 is 18.0 Å². The molecule has 8 heteroatoms. The number of aromatic nitrogens is 3. The van der Waals surface area contributed by atoms with E-state index in [0.29, 0.717) is 25.3 Å². The molecule has 0 saturated carbocycles. The van der Waals surface area contributed by atoms with Crippen molar-refractivity contribution in [1.82, 2.24) is 19.7 Å². The Morgan fingerprint density at radius 1 is 1.30 bits per heavy atom. The van der Waals surface area contributed by atoms with E-state index in [1.54, 1.807) is 0 Å². The maximum atomic E-state index is 12.7. The zero-order valence-corrected chi connectivity index (χ0v) is 11.4. The lowest BCUT2D eigenvalue weighted by atomic mass is 9.88. The maximum absolute atomic E-state index is 12.7. The predicted molar refractivity (Wildman–Crippen MR) is 64.8 cm³/mol. The summed E-state index contributed by atoms with van der Waals surface area (Å²) in [4.78, 5) is 13.1. The van der Waals surface area contributed by atoms with Crippen molar-refractivity contribution in [2.45, 2.75) is 39.5 Å². The molecule has 1 aliphatic rings. The Balaban J connectivity index is 2.13. The molecule has 0 N–H and O–H groups in total. The van der Waals surface area contributed by atoms with Gasteiger partial charge in [0.2, 0.25) is 5.82 Å². The summed E-state index contributed by atoms with van der Waals surface area (Å²) >= 11 is 0. The van der Waals surface area contributed by atoms with Crippen molar-refractivity contribution in [2.24, 2.45) is 5.41 Å². The molecule has 0 amide bonds. The van der Waals surface area contributed by atoms with Gasteiger partial charge >= 0.3 is 6.18 Å². The normalized spacial score (nSPS) is 19.4. The number of aldehydes is 1. The Morgan fingerprint density at radius 3 is 2.55 bits per heavy atom. The number of nitrogens with zero attached hydrogens (tertiary/aromatic N) is 4. The van der Waals surface area contributed by atoms with Crippen molar-refractivity contribution in [1.29, 1.82) is 0 Å². The summed E-state index contributed by atoms with van der Waals surface area (Å²) in [7, 11) is 0. The highest BCUT2D eigenvalue weighted by Gasteiger charge is 2.39. The van der Waals surface area contributed by atoms with Crippen molar-refractivity contribution in [3.05, 3.63) is 11.6 Å². The first kappa shape index (κ1) is 15.0. The smallest absolute Gasteiger partial charge is 0.305 e. The Labute approximate surface area is 114 Å². The molecule has 1 atom stereocenters. The van der Waals surface area contributed by atoms with Crippen molar-refractivity contribution >= 4 is 6.29 Å². The van der Waals surface area contributed by atoms with Crippen LogP contribution in [-0.2, 0) is 24.1 Å². The molecular weight excluding hydrogens is 273 g/mol. The molecule has 1 aromatic heterocycles. The van der Waals surface area contributed by atoms with Crippen LogP contribution in [0.3, 0.4) is 0 Å². The molecule has 5 nitrogen and oxygen atoms in total. The van der Waals surface area contributed by atoms with Crippen LogP contribution in [-0.4, -0.2) is 39.0 Å². The minimum Gasteiger partial charge on any atom is -0.305 e. The molecule has 1 unspecified atom stereocenters. The molecule has 0 fully saturated rings. The summed E-state index contributed by atoms with van der Waals surface area (Å²) in [5.74, 6) is -0.645. The van der Waals surface area contributed by atoms with E-state index in [1.165, 1.54) is 0 Å². The van der Waals surface area contributed by atoms with Gasteiger partial charge in [0.1, 0.15) is 12.1 Å². The summed E-state index contributed by atoms with van der Waals surface area (Å²) in [6.45, 7) is 5.21. The zero-order valence-electron chi connectivity index (χ0n) is 11.4. The van der Waals surface area contributed by atoms with Gasteiger partial charge in [0.15, 0.2) is 0 Å². The number of hydrogen-bond donors (Lipinski definition) is 0. The molecule has 0 aromatic carbocycles. The molecule has 1 aliphatic heterocycles. The third-order valence-corrected chi connectivity index (χ3v) is 3.76. The number of carbonyl (C=O) groups excluding carboxylic acids is 1. The van der Waals surface area contributed by atoms with Crippen LogP contribution in [0.4, 0.5) is 13.2 Å². The molecule has 112 valence electrons. The lowest BCUT2D eigenvalue weighted by Gasteiger charge is -2.33. The van der Waals surface area contributed by atoms with Gasteiger partial charge < -0.3 is 9.36 Å². The zero-order chi connectivity index (χ0) is 15.0. The molecule has 20 heavy (non-hydrogen) atoms. The third-order valence-electron chi connectivity index (χ3n) is 3.76. The summed E-state index contributed by atoms with van der Waals surface area (Å²) in [5, 5.41) is 6.85. The predicted octanol–water partition coefficient (Wildman–Crippen LogP) is 1.73. The summed E-state index contributed by atoms with van der Waals surface area (Å²) in [6.07, 6.45) is -2.88. The molecule has 0 aliphatic carbocycles. The van der Waals surface area contributed by atoms with Crippen LogP contribution in [0.25, 0.3) is 0 Å². The molecule has 0 spiro atoms. The lowest BCUT2D eigenvalue weighted by molar-refractivity contribution is -0.148. The summed E-state index contributed by atoms with van der Waals surface area (Å²) < 4.78 is 39.2. The highest BCUT2D eigenvalue weighted by atomic mass is 19.4. The first-order chi connectivity index (χ1) is 9.29. The van der Waals surface area contributed by atoms with Gasteiger partial charge in [-0.15, -0.1) is 10.2 Å². The first-order valence-corrected chi connectivity index (χ1v) is 6.47. The maximum Gasteiger partial charge on any atom is 0.451 e. The largest absolute Gasteiger partial charge is 0.451 e. The van der Waals surface area contributed by atoms with Crippen LogP contribution in [0, 0.1) is 5.41 Å². The minimum atomic E-state index is -4.48. The van der Waals surface area contributed by atoms with Crippen LogP contribution in [0.2, 0.25) is 0 Å². The summed E-state index contributed by atoms with van der Waals surface area (Å²) in [5.41, 5.74) is -0.477. The topological polar surface area (TPSA) is 51.0 Å². The second-order valence-electron chi connectivity index (χ2n) is 5.43. The number of halogens is 3. The van der Waals surface area contributed by atoms with Crippen molar-refractivity contribution in [2.75, 3.05) is 13.1 Å². The van der Waals surface area contributed by atoms with Gasteiger partial charge in [-0.1, -0.05) is 13.8 Å². The fraction of sp³-hybridized carbons (Fsp3) is 0.750. The monoisotopic (exact) mass is 290 g/mol. The average Bonchev–Trinajstić information content (AvgIpc) is 2.81. The molecule has 0 bridgehead atoms. The van der Waals surface area contributed by atoms with E-state index in [1.807, 2.05) is 18.7 Å². The van der Waals surface area contributed by atoms with Crippen molar-refractivity contribution in [3.8, 4) is 0 Å². The second-order valence-corrected chi connectivity index (χ2v) is 5.43. The number of alkyl halides is 3. The number of hydrogen-bond acceptors (Lipinski definition) is 4. The van der Waals surface area contributed by atoms with E-state index in [9.17, 15) is 18.0 Å². The van der Waals surface area contributed by atoms with Gasteiger partial charge in [0, 0.05) is 25.0 Å². The Hall–Kier alpha value is -1.44.